The van der Waals surface area contributed by atoms with Gasteiger partial charge in [-0.15, -0.1) is 0 Å². The van der Waals surface area contributed by atoms with Gasteiger partial charge in [0.25, 0.3) is 0 Å². The summed E-state index contributed by atoms with van der Waals surface area (Å²) in [5.41, 5.74) is -0.0879. The lowest BCUT2D eigenvalue weighted by Gasteiger charge is -2.32. The van der Waals surface area contributed by atoms with Crippen molar-refractivity contribution in [2.24, 2.45) is 0 Å². The van der Waals surface area contributed by atoms with Crippen LogP contribution in [0.25, 0.3) is 0 Å². The van der Waals surface area contributed by atoms with Gasteiger partial charge in [0.05, 0.1) is 13.2 Å². The highest BCUT2D eigenvalue weighted by Crippen LogP contribution is 2.17. The van der Waals surface area contributed by atoms with Crippen molar-refractivity contribution in [3.8, 4) is 0 Å². The van der Waals surface area contributed by atoms with Gasteiger partial charge in [-0.25, -0.2) is 0 Å². The highest BCUT2D eigenvalue weighted by molar-refractivity contribution is 4.85. The summed E-state index contributed by atoms with van der Waals surface area (Å²) in [5, 5.41) is 13.0. The first-order chi connectivity index (χ1) is 8.67. The van der Waals surface area contributed by atoms with Gasteiger partial charge in [-0.2, -0.15) is 0 Å². The van der Waals surface area contributed by atoms with E-state index in [0.29, 0.717) is 0 Å². The van der Waals surface area contributed by atoms with Crippen LogP contribution in [0.1, 0.15) is 40.0 Å². The third-order valence-electron chi connectivity index (χ3n) is 3.72. The Bertz CT molecular complexity index is 185. The number of aliphatic hydroxyl groups excluding tert-OH is 1. The predicted molar refractivity (Wildman–Crippen MR) is 77.0 cm³/mol. The summed E-state index contributed by atoms with van der Waals surface area (Å²) in [7, 11) is 1.74. The number of likely N-dealkylation sites (N-methyl/N-ethyl adjacent to an activating group) is 2. The number of ether oxygens (including phenoxy) is 1. The van der Waals surface area contributed by atoms with E-state index in [1.807, 2.05) is 0 Å². The minimum Gasteiger partial charge on any atom is -0.394 e. The average Bonchev–Trinajstić information content (AvgIpc) is 2.41. The molecule has 0 aromatic carbocycles. The van der Waals surface area contributed by atoms with Gasteiger partial charge in [0, 0.05) is 19.2 Å². The fourth-order valence-electron chi connectivity index (χ4n) is 2.30. The SMILES string of the molecule is CCNC(CC)(CO)CCCN(CC)CCOC. The number of rotatable bonds is 12. The van der Waals surface area contributed by atoms with E-state index in [4.69, 9.17) is 4.74 Å². The van der Waals surface area contributed by atoms with Crippen molar-refractivity contribution in [2.45, 2.75) is 45.6 Å². The number of hydrogen-bond acceptors (Lipinski definition) is 4. The van der Waals surface area contributed by atoms with Crippen molar-refractivity contribution in [3.63, 3.8) is 0 Å². The highest BCUT2D eigenvalue weighted by atomic mass is 16.5. The molecule has 0 bridgehead atoms. The van der Waals surface area contributed by atoms with Gasteiger partial charge in [0.2, 0.25) is 0 Å². The predicted octanol–water partition coefficient (Wildman–Crippen LogP) is 1.49. The summed E-state index contributed by atoms with van der Waals surface area (Å²) in [6.45, 7) is 11.5. The molecule has 0 rings (SSSR count). The summed E-state index contributed by atoms with van der Waals surface area (Å²) >= 11 is 0. The maximum atomic E-state index is 9.58. The Balaban J connectivity index is 4.02. The fraction of sp³-hybridized carbons (Fsp3) is 1.00. The van der Waals surface area contributed by atoms with Crippen LogP contribution < -0.4 is 5.32 Å². The van der Waals surface area contributed by atoms with Crippen molar-refractivity contribution in [3.05, 3.63) is 0 Å². The van der Waals surface area contributed by atoms with E-state index >= 15 is 0 Å². The van der Waals surface area contributed by atoms with E-state index in [-0.39, 0.29) is 12.1 Å². The largest absolute Gasteiger partial charge is 0.394 e. The molecule has 4 heteroatoms. The molecule has 2 N–H and O–H groups in total. The highest BCUT2D eigenvalue weighted by Gasteiger charge is 2.25. The van der Waals surface area contributed by atoms with Crippen molar-refractivity contribution in [1.29, 1.82) is 0 Å². The molecule has 0 radical (unpaired) electrons. The summed E-state index contributed by atoms with van der Waals surface area (Å²) in [6, 6.07) is 0. The van der Waals surface area contributed by atoms with Gasteiger partial charge in [0.15, 0.2) is 0 Å². The quantitative estimate of drug-likeness (QED) is 0.558. The van der Waals surface area contributed by atoms with Crippen molar-refractivity contribution in [1.82, 2.24) is 10.2 Å². The number of hydrogen-bond donors (Lipinski definition) is 2. The molecule has 0 saturated carbocycles. The zero-order valence-electron chi connectivity index (χ0n) is 12.7. The van der Waals surface area contributed by atoms with Crippen LogP contribution in [0.5, 0.6) is 0 Å². The van der Waals surface area contributed by atoms with E-state index in [0.717, 1.165) is 52.0 Å². The van der Waals surface area contributed by atoms with Gasteiger partial charge >= 0.3 is 0 Å². The van der Waals surface area contributed by atoms with Crippen LogP contribution in [0.2, 0.25) is 0 Å². The van der Waals surface area contributed by atoms with Crippen LogP contribution in [0, 0.1) is 0 Å². The maximum absolute atomic E-state index is 9.58. The first-order valence-corrected chi connectivity index (χ1v) is 7.25. The molecule has 0 spiro atoms. The topological polar surface area (TPSA) is 44.7 Å². The molecule has 4 nitrogen and oxygen atoms in total. The van der Waals surface area contributed by atoms with Gasteiger partial charge in [-0.1, -0.05) is 20.8 Å². The second-order valence-electron chi connectivity index (χ2n) is 4.85. The molecular formula is C14H32N2O2. The minimum absolute atomic E-state index is 0.0879. The molecular weight excluding hydrogens is 228 g/mol. The summed E-state index contributed by atoms with van der Waals surface area (Å²) in [4.78, 5) is 2.40. The standard InChI is InChI=1S/C14H32N2O2/c1-5-14(13-17,15-6-2)9-8-10-16(7-3)11-12-18-4/h15,17H,5-13H2,1-4H3. The Morgan fingerprint density at radius 1 is 1.22 bits per heavy atom. The van der Waals surface area contributed by atoms with Crippen LogP contribution in [-0.2, 0) is 4.74 Å². The molecule has 110 valence electrons. The third-order valence-corrected chi connectivity index (χ3v) is 3.72. The molecule has 1 unspecified atom stereocenters. The van der Waals surface area contributed by atoms with Gasteiger partial charge < -0.3 is 20.1 Å². The van der Waals surface area contributed by atoms with E-state index in [1.165, 1.54) is 0 Å². The second kappa shape index (κ2) is 10.7. The first-order valence-electron chi connectivity index (χ1n) is 7.25. The zero-order chi connectivity index (χ0) is 13.9. The average molecular weight is 260 g/mol. The Labute approximate surface area is 113 Å². The van der Waals surface area contributed by atoms with Crippen LogP contribution in [0.15, 0.2) is 0 Å². The second-order valence-corrected chi connectivity index (χ2v) is 4.85. The number of nitrogens with one attached hydrogen (secondary N) is 1. The van der Waals surface area contributed by atoms with Crippen molar-refractivity contribution in [2.75, 3.05) is 46.5 Å². The monoisotopic (exact) mass is 260 g/mol. The molecule has 0 fully saturated rings. The summed E-state index contributed by atoms with van der Waals surface area (Å²) < 4.78 is 5.11. The molecule has 18 heavy (non-hydrogen) atoms. The van der Waals surface area contributed by atoms with Crippen LogP contribution in [0.3, 0.4) is 0 Å². The molecule has 0 saturated heterocycles. The Hall–Kier alpha value is -0.160. The smallest absolute Gasteiger partial charge is 0.0613 e. The molecule has 0 aromatic heterocycles. The maximum Gasteiger partial charge on any atom is 0.0613 e. The Morgan fingerprint density at radius 3 is 2.39 bits per heavy atom. The fourth-order valence-corrected chi connectivity index (χ4v) is 2.30. The normalized spacial score (nSPS) is 15.0. The van der Waals surface area contributed by atoms with Gasteiger partial charge in [-0.05, 0) is 38.9 Å². The summed E-state index contributed by atoms with van der Waals surface area (Å²) in [5.74, 6) is 0. The van der Waals surface area contributed by atoms with Crippen molar-refractivity contribution >= 4 is 0 Å². The zero-order valence-corrected chi connectivity index (χ0v) is 12.7. The minimum atomic E-state index is -0.0879. The lowest BCUT2D eigenvalue weighted by atomic mass is 9.91. The molecule has 0 amide bonds. The van der Waals surface area contributed by atoms with Gasteiger partial charge in [-0.3, -0.25) is 0 Å². The lowest BCUT2D eigenvalue weighted by molar-refractivity contribution is 0.129. The molecule has 1 atom stereocenters. The lowest BCUT2D eigenvalue weighted by Crippen LogP contribution is -2.48. The van der Waals surface area contributed by atoms with E-state index < -0.39 is 0 Å². The van der Waals surface area contributed by atoms with E-state index in [9.17, 15) is 5.11 Å². The molecule has 0 heterocycles. The Kier molecular flexibility index (Phi) is 10.6. The molecule has 0 aliphatic rings. The van der Waals surface area contributed by atoms with Gasteiger partial charge in [0.1, 0.15) is 0 Å². The van der Waals surface area contributed by atoms with Crippen LogP contribution in [-0.4, -0.2) is 62.0 Å². The number of nitrogens with zero attached hydrogens (tertiary/aromatic N) is 1. The van der Waals surface area contributed by atoms with Crippen LogP contribution >= 0.6 is 0 Å². The van der Waals surface area contributed by atoms with E-state index in [2.05, 4.69) is 31.0 Å². The first kappa shape index (κ1) is 17.8. The molecule has 0 aromatic rings. The van der Waals surface area contributed by atoms with E-state index in [1.54, 1.807) is 7.11 Å². The molecule has 0 aliphatic carbocycles. The van der Waals surface area contributed by atoms with Crippen LogP contribution in [0.4, 0.5) is 0 Å². The third kappa shape index (κ3) is 6.69. The Morgan fingerprint density at radius 2 is 1.94 bits per heavy atom. The summed E-state index contributed by atoms with van der Waals surface area (Å²) in [6.07, 6.45) is 3.11. The number of aliphatic hydroxyl groups is 1. The molecule has 0 aliphatic heterocycles. The number of methoxy groups -OCH3 is 1. The van der Waals surface area contributed by atoms with Crippen molar-refractivity contribution < 1.29 is 9.84 Å².